The fourth-order valence-corrected chi connectivity index (χ4v) is 1.83. The molecule has 0 saturated carbocycles. The molecule has 0 saturated heterocycles. The zero-order valence-electron chi connectivity index (χ0n) is 11.3. The van der Waals surface area contributed by atoms with Crippen LogP contribution in [0, 0.1) is 0 Å². The number of amides is 1. The molecule has 0 aliphatic rings. The van der Waals surface area contributed by atoms with Gasteiger partial charge in [-0.05, 0) is 17.7 Å². The minimum atomic E-state index is -3.23. The summed E-state index contributed by atoms with van der Waals surface area (Å²) in [5, 5.41) is 2.54. The Morgan fingerprint density at radius 3 is 2.45 bits per heavy atom. The van der Waals surface area contributed by atoms with Crippen molar-refractivity contribution in [1.82, 2.24) is 10.0 Å². The standard InChI is InChI=1S/C12H19N3O4S/c1-20(17,18)15-7-6-14-12(16)9-19-11-4-2-10(8-13)3-5-11/h2-5,15H,6-9,13H2,1H3,(H,14,16). The van der Waals surface area contributed by atoms with Crippen molar-refractivity contribution < 1.29 is 17.9 Å². The highest BCUT2D eigenvalue weighted by Gasteiger charge is 2.03. The van der Waals surface area contributed by atoms with E-state index in [1.165, 1.54) is 0 Å². The van der Waals surface area contributed by atoms with Crippen molar-refractivity contribution in [2.45, 2.75) is 6.54 Å². The van der Waals surface area contributed by atoms with Crippen molar-refractivity contribution in [2.24, 2.45) is 5.73 Å². The summed E-state index contributed by atoms with van der Waals surface area (Å²) < 4.78 is 29.1. The molecule has 0 aliphatic heterocycles. The summed E-state index contributed by atoms with van der Waals surface area (Å²) >= 11 is 0. The predicted octanol–water partition coefficient (Wildman–Crippen LogP) is -0.810. The summed E-state index contributed by atoms with van der Waals surface area (Å²) in [5.41, 5.74) is 6.45. The third-order valence-electron chi connectivity index (χ3n) is 2.34. The number of nitrogens with one attached hydrogen (secondary N) is 2. The van der Waals surface area contributed by atoms with Gasteiger partial charge in [-0.3, -0.25) is 4.79 Å². The van der Waals surface area contributed by atoms with Gasteiger partial charge in [-0.2, -0.15) is 0 Å². The Hall–Kier alpha value is -1.64. The van der Waals surface area contributed by atoms with Gasteiger partial charge in [-0.25, -0.2) is 13.1 Å². The summed E-state index contributed by atoms with van der Waals surface area (Å²) in [6.45, 7) is 0.687. The SMILES string of the molecule is CS(=O)(=O)NCCNC(=O)COc1ccc(CN)cc1. The average Bonchev–Trinajstić information content (AvgIpc) is 2.41. The fourth-order valence-electron chi connectivity index (χ4n) is 1.36. The summed E-state index contributed by atoms with van der Waals surface area (Å²) in [6.07, 6.45) is 1.06. The lowest BCUT2D eigenvalue weighted by Crippen LogP contribution is -2.36. The summed E-state index contributed by atoms with van der Waals surface area (Å²) in [6, 6.07) is 7.12. The first-order chi connectivity index (χ1) is 9.40. The maximum absolute atomic E-state index is 11.4. The molecule has 0 spiro atoms. The molecule has 8 heteroatoms. The highest BCUT2D eigenvalue weighted by atomic mass is 32.2. The van der Waals surface area contributed by atoms with E-state index in [2.05, 4.69) is 10.0 Å². The Labute approximate surface area is 118 Å². The average molecular weight is 301 g/mol. The van der Waals surface area contributed by atoms with Crippen LogP contribution in [-0.4, -0.2) is 40.3 Å². The van der Waals surface area contributed by atoms with E-state index < -0.39 is 10.0 Å². The molecule has 0 aromatic heterocycles. The second-order valence-corrected chi connectivity index (χ2v) is 5.99. The van der Waals surface area contributed by atoms with Crippen molar-refractivity contribution in [3.63, 3.8) is 0 Å². The maximum atomic E-state index is 11.4. The largest absolute Gasteiger partial charge is 0.484 e. The minimum absolute atomic E-state index is 0.124. The molecule has 0 fully saturated rings. The Morgan fingerprint density at radius 1 is 1.25 bits per heavy atom. The Morgan fingerprint density at radius 2 is 1.90 bits per heavy atom. The molecule has 1 aromatic rings. The number of rotatable bonds is 8. The maximum Gasteiger partial charge on any atom is 0.257 e. The number of hydrogen-bond acceptors (Lipinski definition) is 5. The molecular formula is C12H19N3O4S. The summed E-state index contributed by atoms with van der Waals surface area (Å²) in [4.78, 5) is 11.4. The molecule has 0 heterocycles. The van der Waals surface area contributed by atoms with E-state index in [0.717, 1.165) is 11.8 Å². The lowest BCUT2D eigenvalue weighted by atomic mass is 10.2. The molecule has 112 valence electrons. The van der Waals surface area contributed by atoms with Crippen LogP contribution >= 0.6 is 0 Å². The van der Waals surface area contributed by atoms with Gasteiger partial charge in [0.1, 0.15) is 5.75 Å². The second-order valence-electron chi connectivity index (χ2n) is 4.15. The van der Waals surface area contributed by atoms with Crippen molar-refractivity contribution in [1.29, 1.82) is 0 Å². The first-order valence-corrected chi connectivity index (χ1v) is 7.93. The quantitative estimate of drug-likeness (QED) is 0.544. The van der Waals surface area contributed by atoms with E-state index in [1.807, 2.05) is 12.1 Å². The predicted molar refractivity (Wildman–Crippen MR) is 75.7 cm³/mol. The van der Waals surface area contributed by atoms with Crippen molar-refractivity contribution in [3.8, 4) is 5.75 Å². The van der Waals surface area contributed by atoms with Crippen LogP contribution in [-0.2, 0) is 21.4 Å². The first-order valence-electron chi connectivity index (χ1n) is 6.04. The van der Waals surface area contributed by atoms with E-state index in [9.17, 15) is 13.2 Å². The van der Waals surface area contributed by atoms with Gasteiger partial charge >= 0.3 is 0 Å². The van der Waals surface area contributed by atoms with Crippen LogP contribution in [0.2, 0.25) is 0 Å². The number of nitrogens with two attached hydrogens (primary N) is 1. The molecule has 1 rings (SSSR count). The van der Waals surface area contributed by atoms with E-state index in [4.69, 9.17) is 10.5 Å². The van der Waals surface area contributed by atoms with Gasteiger partial charge in [0, 0.05) is 19.6 Å². The molecule has 0 atom stereocenters. The Kier molecular flexibility index (Phi) is 6.43. The van der Waals surface area contributed by atoms with Gasteiger partial charge in [-0.15, -0.1) is 0 Å². The summed E-state index contributed by atoms with van der Waals surface area (Å²) in [7, 11) is -3.23. The lowest BCUT2D eigenvalue weighted by molar-refractivity contribution is -0.123. The van der Waals surface area contributed by atoms with Crippen molar-refractivity contribution in [2.75, 3.05) is 26.0 Å². The molecular weight excluding hydrogens is 282 g/mol. The third-order valence-corrected chi connectivity index (χ3v) is 3.07. The monoisotopic (exact) mass is 301 g/mol. The Bertz CT molecular complexity index is 528. The van der Waals surface area contributed by atoms with E-state index in [0.29, 0.717) is 12.3 Å². The summed E-state index contributed by atoms with van der Waals surface area (Å²) in [5.74, 6) is 0.259. The van der Waals surface area contributed by atoms with E-state index >= 15 is 0 Å². The van der Waals surface area contributed by atoms with Gasteiger partial charge in [0.05, 0.1) is 6.26 Å². The van der Waals surface area contributed by atoms with E-state index in [1.54, 1.807) is 12.1 Å². The highest BCUT2D eigenvalue weighted by molar-refractivity contribution is 7.88. The molecule has 0 radical (unpaired) electrons. The van der Waals surface area contributed by atoms with Crippen LogP contribution in [0.1, 0.15) is 5.56 Å². The number of carbonyl (C=O) groups is 1. The van der Waals surface area contributed by atoms with Crippen LogP contribution in [0.5, 0.6) is 5.75 Å². The zero-order valence-corrected chi connectivity index (χ0v) is 12.1. The van der Waals surface area contributed by atoms with Gasteiger partial charge < -0.3 is 15.8 Å². The number of benzene rings is 1. The van der Waals surface area contributed by atoms with Crippen molar-refractivity contribution >= 4 is 15.9 Å². The first kappa shape index (κ1) is 16.4. The van der Waals surface area contributed by atoms with Crippen LogP contribution in [0.4, 0.5) is 0 Å². The van der Waals surface area contributed by atoms with Crippen LogP contribution in [0.3, 0.4) is 0 Å². The number of carbonyl (C=O) groups excluding carboxylic acids is 1. The zero-order chi connectivity index (χ0) is 15.0. The van der Waals surface area contributed by atoms with Gasteiger partial charge in [0.2, 0.25) is 10.0 Å². The smallest absolute Gasteiger partial charge is 0.257 e. The molecule has 0 aliphatic carbocycles. The Balaban J connectivity index is 2.22. The number of ether oxygens (including phenoxy) is 1. The third kappa shape index (κ3) is 7.07. The van der Waals surface area contributed by atoms with Crippen molar-refractivity contribution in [3.05, 3.63) is 29.8 Å². The molecule has 7 nitrogen and oxygen atoms in total. The van der Waals surface area contributed by atoms with Crippen LogP contribution in [0.15, 0.2) is 24.3 Å². The molecule has 0 bridgehead atoms. The highest BCUT2D eigenvalue weighted by Crippen LogP contribution is 2.11. The lowest BCUT2D eigenvalue weighted by Gasteiger charge is -2.08. The topological polar surface area (TPSA) is 111 Å². The second kappa shape index (κ2) is 7.83. The van der Waals surface area contributed by atoms with Crippen LogP contribution in [0.25, 0.3) is 0 Å². The van der Waals surface area contributed by atoms with Crippen LogP contribution < -0.4 is 20.5 Å². The van der Waals surface area contributed by atoms with Gasteiger partial charge in [-0.1, -0.05) is 12.1 Å². The molecule has 20 heavy (non-hydrogen) atoms. The fraction of sp³-hybridized carbons (Fsp3) is 0.417. The number of sulfonamides is 1. The molecule has 1 aromatic carbocycles. The van der Waals surface area contributed by atoms with E-state index in [-0.39, 0.29) is 25.6 Å². The normalized spacial score (nSPS) is 11.1. The molecule has 1 amide bonds. The van der Waals surface area contributed by atoms with Gasteiger partial charge in [0.15, 0.2) is 6.61 Å². The minimum Gasteiger partial charge on any atom is -0.484 e. The molecule has 0 unspecified atom stereocenters. The number of hydrogen-bond donors (Lipinski definition) is 3. The molecule has 4 N–H and O–H groups in total. The van der Waals surface area contributed by atoms with Gasteiger partial charge in [0.25, 0.3) is 5.91 Å².